The molecule has 1 aromatic heterocycles. The molecule has 0 spiro atoms. The summed E-state index contributed by atoms with van der Waals surface area (Å²) in [5.74, 6) is -0.0266. The van der Waals surface area contributed by atoms with Crippen LogP contribution < -0.4 is 5.32 Å². The maximum Gasteiger partial charge on any atom is 0.338 e. The second-order valence-electron chi connectivity index (χ2n) is 4.90. The lowest BCUT2D eigenvalue weighted by molar-refractivity contribution is -0.139. The molecular weight excluding hydrogens is 341 g/mol. The van der Waals surface area contributed by atoms with Crippen LogP contribution in [0.4, 0.5) is 5.95 Å². The van der Waals surface area contributed by atoms with E-state index in [1.54, 1.807) is 32.0 Å². The zero-order valence-electron chi connectivity index (χ0n) is 12.4. The number of carbonyl (C=O) groups is 1. The fraction of sp³-hybridized carbons (Fsp3) is 0.286. The molecule has 1 N–H and O–H groups in total. The molecular formula is C14H13Cl2N5O2. The molecule has 2 heterocycles. The van der Waals surface area contributed by atoms with Crippen molar-refractivity contribution in [2.24, 2.45) is 0 Å². The summed E-state index contributed by atoms with van der Waals surface area (Å²) in [5, 5.41) is 15.4. The van der Waals surface area contributed by atoms with Crippen LogP contribution in [0.3, 0.4) is 0 Å². The van der Waals surface area contributed by atoms with Crippen molar-refractivity contribution >= 4 is 35.1 Å². The normalized spacial score (nSPS) is 16.8. The third kappa shape index (κ3) is 2.77. The summed E-state index contributed by atoms with van der Waals surface area (Å²) >= 11 is 12.3. The van der Waals surface area contributed by atoms with Gasteiger partial charge in [0, 0.05) is 21.3 Å². The van der Waals surface area contributed by atoms with Crippen molar-refractivity contribution in [3.63, 3.8) is 0 Å². The minimum Gasteiger partial charge on any atom is -0.463 e. The highest BCUT2D eigenvalue weighted by molar-refractivity contribution is 6.35. The molecule has 1 atom stereocenters. The Kier molecular flexibility index (Phi) is 4.23. The third-order valence-corrected chi connectivity index (χ3v) is 4.03. The van der Waals surface area contributed by atoms with E-state index in [4.69, 9.17) is 27.9 Å². The lowest BCUT2D eigenvalue weighted by atomic mass is 9.96. The first-order chi connectivity index (χ1) is 11.0. The first-order valence-electron chi connectivity index (χ1n) is 6.90. The molecule has 0 saturated heterocycles. The number of nitrogens with one attached hydrogen (secondary N) is 1. The molecule has 0 aliphatic carbocycles. The van der Waals surface area contributed by atoms with Gasteiger partial charge in [0.15, 0.2) is 0 Å². The molecule has 0 fully saturated rings. The Morgan fingerprint density at radius 2 is 2.22 bits per heavy atom. The molecule has 120 valence electrons. The Morgan fingerprint density at radius 1 is 1.43 bits per heavy atom. The minimum atomic E-state index is -0.593. The number of anilines is 1. The van der Waals surface area contributed by atoms with Crippen LogP contribution >= 0.6 is 23.2 Å². The summed E-state index contributed by atoms with van der Waals surface area (Å²) in [4.78, 5) is 12.4. The summed E-state index contributed by atoms with van der Waals surface area (Å²) < 4.78 is 6.67. The van der Waals surface area contributed by atoms with E-state index in [0.717, 1.165) is 0 Å². The van der Waals surface area contributed by atoms with Crippen molar-refractivity contribution in [3.05, 3.63) is 45.1 Å². The SMILES string of the molecule is CCOC(=O)C1=C(C)Nc2nnnn2C1c1ccc(Cl)cc1Cl. The Hall–Kier alpha value is -2.12. The van der Waals surface area contributed by atoms with Crippen molar-refractivity contribution in [1.29, 1.82) is 0 Å². The minimum absolute atomic E-state index is 0.263. The molecule has 0 saturated carbocycles. The van der Waals surface area contributed by atoms with E-state index in [2.05, 4.69) is 20.8 Å². The number of benzene rings is 1. The molecule has 2 aromatic rings. The lowest BCUT2D eigenvalue weighted by Crippen LogP contribution is -2.29. The zero-order chi connectivity index (χ0) is 16.6. The van der Waals surface area contributed by atoms with Gasteiger partial charge in [-0.05, 0) is 36.4 Å². The van der Waals surface area contributed by atoms with Gasteiger partial charge in [-0.25, -0.2) is 4.79 Å². The molecule has 1 unspecified atom stereocenters. The molecule has 0 radical (unpaired) electrons. The molecule has 0 bridgehead atoms. The van der Waals surface area contributed by atoms with Gasteiger partial charge in [0.2, 0.25) is 5.95 Å². The summed E-state index contributed by atoms with van der Waals surface area (Å²) in [7, 11) is 0. The maximum atomic E-state index is 12.4. The predicted octanol–water partition coefficient (Wildman–Crippen LogP) is 2.83. The maximum absolute atomic E-state index is 12.4. The van der Waals surface area contributed by atoms with Crippen LogP contribution in [0.2, 0.25) is 10.0 Å². The highest BCUT2D eigenvalue weighted by Crippen LogP contribution is 2.38. The van der Waals surface area contributed by atoms with E-state index < -0.39 is 12.0 Å². The third-order valence-electron chi connectivity index (χ3n) is 3.47. The number of tetrazole rings is 1. The van der Waals surface area contributed by atoms with Crippen molar-refractivity contribution in [2.75, 3.05) is 11.9 Å². The van der Waals surface area contributed by atoms with Crippen molar-refractivity contribution in [3.8, 4) is 0 Å². The summed E-state index contributed by atoms with van der Waals surface area (Å²) in [6, 6.07) is 4.47. The number of nitrogens with zero attached hydrogens (tertiary/aromatic N) is 4. The monoisotopic (exact) mass is 353 g/mol. The van der Waals surface area contributed by atoms with Crippen LogP contribution in [-0.4, -0.2) is 32.8 Å². The summed E-state index contributed by atoms with van der Waals surface area (Å²) in [6.07, 6.45) is 0. The number of hydrogen-bond acceptors (Lipinski definition) is 6. The van der Waals surface area contributed by atoms with Gasteiger partial charge in [0.25, 0.3) is 0 Å². The first-order valence-corrected chi connectivity index (χ1v) is 7.66. The quantitative estimate of drug-likeness (QED) is 0.854. The number of esters is 1. The Labute approximate surface area is 142 Å². The topological polar surface area (TPSA) is 81.9 Å². The van der Waals surface area contributed by atoms with Gasteiger partial charge < -0.3 is 10.1 Å². The van der Waals surface area contributed by atoms with Crippen LogP contribution in [0.15, 0.2) is 29.5 Å². The van der Waals surface area contributed by atoms with E-state index in [1.807, 2.05) is 0 Å². The summed E-state index contributed by atoms with van der Waals surface area (Å²) in [5.41, 5.74) is 1.67. The van der Waals surface area contributed by atoms with Gasteiger partial charge in [-0.3, -0.25) is 0 Å². The summed E-state index contributed by atoms with van der Waals surface area (Å²) in [6.45, 7) is 3.77. The molecule has 1 aliphatic rings. The molecule has 1 aromatic carbocycles. The average Bonchev–Trinajstić information content (AvgIpc) is 2.94. The molecule has 7 nitrogen and oxygen atoms in total. The largest absolute Gasteiger partial charge is 0.463 e. The van der Waals surface area contributed by atoms with Gasteiger partial charge in [-0.1, -0.05) is 34.4 Å². The molecule has 3 rings (SSSR count). The number of hydrogen-bond donors (Lipinski definition) is 1. The number of fused-ring (bicyclic) bond motifs is 1. The molecule has 23 heavy (non-hydrogen) atoms. The molecule has 0 amide bonds. The van der Waals surface area contributed by atoms with Crippen molar-refractivity contribution in [2.45, 2.75) is 19.9 Å². The van der Waals surface area contributed by atoms with E-state index >= 15 is 0 Å². The van der Waals surface area contributed by atoms with E-state index in [-0.39, 0.29) is 6.61 Å². The molecule has 9 heteroatoms. The zero-order valence-corrected chi connectivity index (χ0v) is 13.9. The Balaban J connectivity index is 2.18. The number of carbonyl (C=O) groups excluding carboxylic acids is 1. The van der Waals surface area contributed by atoms with Gasteiger partial charge in [0.1, 0.15) is 6.04 Å². The van der Waals surface area contributed by atoms with Crippen LogP contribution in [-0.2, 0) is 9.53 Å². The second-order valence-corrected chi connectivity index (χ2v) is 5.74. The van der Waals surface area contributed by atoms with Crippen LogP contribution in [0.5, 0.6) is 0 Å². The smallest absolute Gasteiger partial charge is 0.338 e. The van der Waals surface area contributed by atoms with Crippen LogP contribution in [0.1, 0.15) is 25.5 Å². The number of halogens is 2. The number of rotatable bonds is 3. The number of ether oxygens (including phenoxy) is 1. The average molecular weight is 354 g/mol. The van der Waals surface area contributed by atoms with E-state index in [1.165, 1.54) is 4.68 Å². The van der Waals surface area contributed by atoms with Crippen LogP contribution in [0.25, 0.3) is 0 Å². The standard InChI is InChI=1S/C14H13Cl2N5O2/c1-3-23-13(22)11-7(2)17-14-18-19-20-21(14)12(11)9-5-4-8(15)6-10(9)16/h4-6,12H,3H2,1-2H3,(H,17,18,20). The second kappa shape index (κ2) is 6.17. The highest BCUT2D eigenvalue weighted by Gasteiger charge is 2.35. The van der Waals surface area contributed by atoms with Gasteiger partial charge in [0.05, 0.1) is 12.2 Å². The number of allylic oxidation sites excluding steroid dienone is 1. The van der Waals surface area contributed by atoms with Gasteiger partial charge in [-0.2, -0.15) is 4.68 Å². The van der Waals surface area contributed by atoms with E-state index in [9.17, 15) is 4.79 Å². The van der Waals surface area contributed by atoms with Gasteiger partial charge in [-0.15, -0.1) is 0 Å². The predicted molar refractivity (Wildman–Crippen MR) is 85.4 cm³/mol. The fourth-order valence-corrected chi connectivity index (χ4v) is 3.01. The van der Waals surface area contributed by atoms with E-state index in [0.29, 0.717) is 32.8 Å². The first kappa shape index (κ1) is 15.8. The molecule has 1 aliphatic heterocycles. The Bertz CT molecular complexity index is 802. The van der Waals surface area contributed by atoms with Crippen molar-refractivity contribution < 1.29 is 9.53 Å². The van der Waals surface area contributed by atoms with Gasteiger partial charge >= 0.3 is 5.97 Å². The van der Waals surface area contributed by atoms with Crippen LogP contribution in [0, 0.1) is 0 Å². The fourth-order valence-electron chi connectivity index (χ4n) is 2.50. The Morgan fingerprint density at radius 3 is 2.91 bits per heavy atom. The number of aromatic nitrogens is 4. The van der Waals surface area contributed by atoms with Crippen molar-refractivity contribution in [1.82, 2.24) is 20.2 Å². The highest BCUT2D eigenvalue weighted by atomic mass is 35.5. The lowest BCUT2D eigenvalue weighted by Gasteiger charge is -2.27.